The molecule has 4 fully saturated rings. The molecule has 2 unspecified atom stereocenters. The minimum absolute atomic E-state index is 0.0511. The number of aromatic nitrogens is 2. The van der Waals surface area contributed by atoms with E-state index in [1.165, 1.54) is 32.1 Å². The minimum Gasteiger partial charge on any atom is -0.346 e. The summed E-state index contributed by atoms with van der Waals surface area (Å²) < 4.78 is 1.81. The molecule has 4 nitrogen and oxygen atoms in total. The van der Waals surface area contributed by atoms with Gasteiger partial charge in [0.1, 0.15) is 0 Å². The van der Waals surface area contributed by atoms with Crippen LogP contribution in [0.15, 0.2) is 36.5 Å². The Hall–Kier alpha value is -2.10. The normalized spacial score (nSPS) is 33.1. The van der Waals surface area contributed by atoms with Gasteiger partial charge in [0.2, 0.25) is 0 Å². The van der Waals surface area contributed by atoms with Crippen molar-refractivity contribution in [3.8, 4) is 11.3 Å². The van der Waals surface area contributed by atoms with Crippen LogP contribution in [0.2, 0.25) is 0 Å². The van der Waals surface area contributed by atoms with Crippen molar-refractivity contribution >= 4 is 5.91 Å². The maximum atomic E-state index is 13.1. The van der Waals surface area contributed by atoms with Gasteiger partial charge in [-0.3, -0.25) is 9.48 Å². The van der Waals surface area contributed by atoms with Crippen LogP contribution < -0.4 is 5.32 Å². The first-order valence-electron chi connectivity index (χ1n) is 9.04. The van der Waals surface area contributed by atoms with Crippen molar-refractivity contribution in [3.63, 3.8) is 0 Å². The average molecular weight is 321 g/mol. The first-order chi connectivity index (χ1) is 11.6. The Bertz CT molecular complexity index is 780. The molecule has 124 valence electrons. The average Bonchev–Trinajstić information content (AvgIpc) is 3.14. The second-order valence-corrected chi connectivity index (χ2v) is 8.05. The van der Waals surface area contributed by atoms with Crippen molar-refractivity contribution in [1.82, 2.24) is 15.1 Å². The molecule has 4 atom stereocenters. The van der Waals surface area contributed by atoms with Crippen LogP contribution in [0.1, 0.15) is 42.5 Å². The molecule has 1 N–H and O–H groups in total. The quantitative estimate of drug-likeness (QED) is 0.942. The van der Waals surface area contributed by atoms with Gasteiger partial charge in [0.05, 0.1) is 17.5 Å². The Morgan fingerprint density at radius 3 is 2.58 bits per heavy atom. The highest BCUT2D eigenvalue weighted by Gasteiger charge is 2.58. The summed E-state index contributed by atoms with van der Waals surface area (Å²) >= 11 is 0. The summed E-state index contributed by atoms with van der Waals surface area (Å²) in [5.41, 5.74) is 2.71. The Labute approximate surface area is 142 Å². The first-order valence-corrected chi connectivity index (χ1v) is 9.04. The number of carbonyl (C=O) groups is 1. The fourth-order valence-corrected chi connectivity index (χ4v) is 5.84. The lowest BCUT2D eigenvalue weighted by atomic mass is 9.80. The molecule has 24 heavy (non-hydrogen) atoms. The molecule has 1 heterocycles. The molecule has 1 amide bonds. The van der Waals surface area contributed by atoms with Crippen LogP contribution >= 0.6 is 0 Å². The van der Waals surface area contributed by atoms with Gasteiger partial charge >= 0.3 is 0 Å². The number of carbonyl (C=O) groups excluding carboxylic acids is 1. The Morgan fingerprint density at radius 2 is 1.88 bits per heavy atom. The van der Waals surface area contributed by atoms with Crippen LogP contribution in [0, 0.1) is 17.8 Å². The number of hydrogen-bond donors (Lipinski definition) is 1. The van der Waals surface area contributed by atoms with Crippen LogP contribution in [-0.2, 0) is 7.05 Å². The lowest BCUT2D eigenvalue weighted by Gasteiger charge is -2.34. The highest BCUT2D eigenvalue weighted by atomic mass is 16.1. The van der Waals surface area contributed by atoms with Crippen molar-refractivity contribution in [2.75, 3.05) is 0 Å². The molecule has 1 aromatic carbocycles. The predicted molar refractivity (Wildman–Crippen MR) is 92.4 cm³/mol. The molecule has 4 bridgehead atoms. The lowest BCUT2D eigenvalue weighted by Crippen LogP contribution is -2.49. The number of benzene rings is 1. The Balaban J connectivity index is 1.47. The van der Waals surface area contributed by atoms with E-state index < -0.39 is 0 Å². The zero-order valence-electron chi connectivity index (χ0n) is 14.0. The molecule has 4 aliphatic rings. The smallest absolute Gasteiger partial charge is 0.255 e. The summed E-state index contributed by atoms with van der Waals surface area (Å²) in [5.74, 6) is 2.42. The number of nitrogens with one attached hydrogen (secondary N) is 1. The molecule has 4 saturated carbocycles. The van der Waals surface area contributed by atoms with E-state index in [0.29, 0.717) is 11.5 Å². The number of aryl methyl sites for hydroxylation is 1. The highest BCUT2D eigenvalue weighted by molar-refractivity contribution is 6.00. The van der Waals surface area contributed by atoms with Gasteiger partial charge in [-0.2, -0.15) is 5.10 Å². The van der Waals surface area contributed by atoms with Crippen molar-refractivity contribution < 1.29 is 4.79 Å². The van der Waals surface area contributed by atoms with E-state index in [1.807, 2.05) is 37.4 Å². The van der Waals surface area contributed by atoms with Gasteiger partial charge in [-0.25, -0.2) is 0 Å². The van der Waals surface area contributed by atoms with Gasteiger partial charge in [0, 0.05) is 18.2 Å². The number of amides is 1. The predicted octanol–water partition coefficient (Wildman–Crippen LogP) is 3.40. The molecule has 0 spiro atoms. The molecule has 0 aliphatic heterocycles. The Kier molecular flexibility index (Phi) is 2.94. The SMILES string of the molecule is Cn1ncc(C(=O)NC23C[C@@H]4CC2C[C@@H](C4)C3)c1-c1ccccc1. The van der Waals surface area contributed by atoms with Gasteiger partial charge < -0.3 is 5.32 Å². The fourth-order valence-electron chi connectivity index (χ4n) is 5.84. The van der Waals surface area contributed by atoms with E-state index in [2.05, 4.69) is 10.4 Å². The van der Waals surface area contributed by atoms with E-state index in [-0.39, 0.29) is 11.4 Å². The summed E-state index contributed by atoms with van der Waals surface area (Å²) in [6.45, 7) is 0. The summed E-state index contributed by atoms with van der Waals surface area (Å²) in [6, 6.07) is 10.1. The zero-order valence-corrected chi connectivity index (χ0v) is 14.0. The van der Waals surface area contributed by atoms with Gasteiger partial charge in [-0.1, -0.05) is 30.3 Å². The van der Waals surface area contributed by atoms with Crippen molar-refractivity contribution in [2.45, 2.75) is 37.6 Å². The molecule has 0 radical (unpaired) electrons. The van der Waals surface area contributed by atoms with Crippen molar-refractivity contribution in [3.05, 3.63) is 42.1 Å². The van der Waals surface area contributed by atoms with Crippen LogP contribution in [0.3, 0.4) is 0 Å². The molecule has 1 aromatic heterocycles. The topological polar surface area (TPSA) is 46.9 Å². The summed E-state index contributed by atoms with van der Waals surface area (Å²) in [4.78, 5) is 13.1. The third-order valence-corrected chi connectivity index (χ3v) is 6.58. The number of rotatable bonds is 3. The van der Waals surface area contributed by atoms with Crippen molar-refractivity contribution in [2.24, 2.45) is 24.8 Å². The maximum absolute atomic E-state index is 13.1. The maximum Gasteiger partial charge on any atom is 0.255 e. The molecule has 4 aliphatic carbocycles. The van der Waals surface area contributed by atoms with Crippen LogP contribution in [0.5, 0.6) is 0 Å². The van der Waals surface area contributed by atoms with Gasteiger partial charge in [-0.05, 0) is 49.9 Å². The number of nitrogens with zero attached hydrogens (tertiary/aromatic N) is 2. The van der Waals surface area contributed by atoms with Gasteiger partial charge in [-0.15, -0.1) is 0 Å². The largest absolute Gasteiger partial charge is 0.346 e. The summed E-state index contributed by atoms with van der Waals surface area (Å²) in [7, 11) is 1.90. The second kappa shape index (κ2) is 4.95. The summed E-state index contributed by atoms with van der Waals surface area (Å²) in [5, 5.41) is 7.81. The molecular weight excluding hydrogens is 298 g/mol. The van der Waals surface area contributed by atoms with Crippen molar-refractivity contribution in [1.29, 1.82) is 0 Å². The first kappa shape index (κ1) is 14.3. The lowest BCUT2D eigenvalue weighted by molar-refractivity contribution is 0.0875. The standard InChI is InChI=1S/C20H23N3O/c1-23-18(15-5-3-2-4-6-15)17(12-21-23)19(24)22-20-10-13-7-14(11-20)9-16(20)8-13/h2-6,12-14,16H,7-11H2,1H3,(H,22,24)/t13-,14+,16?,20?. The van der Waals surface area contributed by atoms with Crippen LogP contribution in [-0.4, -0.2) is 21.2 Å². The van der Waals surface area contributed by atoms with E-state index in [9.17, 15) is 4.79 Å². The van der Waals surface area contributed by atoms with Gasteiger partial charge in [0.15, 0.2) is 0 Å². The van der Waals surface area contributed by atoms with Crippen LogP contribution in [0.4, 0.5) is 0 Å². The second-order valence-electron chi connectivity index (χ2n) is 8.05. The third kappa shape index (κ3) is 1.98. The van der Waals surface area contributed by atoms with Gasteiger partial charge in [0.25, 0.3) is 5.91 Å². The van der Waals surface area contributed by atoms with Crippen LogP contribution in [0.25, 0.3) is 11.3 Å². The summed E-state index contributed by atoms with van der Waals surface area (Å²) in [6.07, 6.45) is 8.09. The molecule has 6 rings (SSSR count). The van der Waals surface area contributed by atoms with E-state index in [4.69, 9.17) is 0 Å². The molecule has 0 saturated heterocycles. The molecule has 2 aromatic rings. The minimum atomic E-state index is 0.0511. The molecule has 4 heteroatoms. The number of hydrogen-bond acceptors (Lipinski definition) is 2. The van der Waals surface area contributed by atoms with E-state index >= 15 is 0 Å². The zero-order chi connectivity index (χ0) is 16.3. The Morgan fingerprint density at radius 1 is 1.17 bits per heavy atom. The van der Waals surface area contributed by atoms with E-state index in [0.717, 1.165) is 23.1 Å². The third-order valence-electron chi connectivity index (χ3n) is 6.58. The highest BCUT2D eigenvalue weighted by Crippen LogP contribution is 2.60. The molecular formula is C20H23N3O. The fraction of sp³-hybridized carbons (Fsp3) is 0.500. The monoisotopic (exact) mass is 321 g/mol. The van der Waals surface area contributed by atoms with E-state index in [1.54, 1.807) is 10.9 Å².